The Morgan fingerprint density at radius 1 is 0.923 bits per heavy atom. The minimum Gasteiger partial charge on any atom is -0.379 e. The van der Waals surface area contributed by atoms with Crippen LogP contribution < -0.4 is 16.4 Å². The summed E-state index contributed by atoms with van der Waals surface area (Å²) in [6.45, 7) is 10.5. The number of carbonyl (C=O) groups excluding carboxylic acids is 1. The Hall–Kier alpha value is -1.42. The lowest BCUT2D eigenvalue weighted by atomic mass is 10.3. The molecule has 4 N–H and O–H groups in total. The number of guanidine groups is 1. The highest BCUT2D eigenvalue weighted by molar-refractivity contribution is 5.95. The van der Waals surface area contributed by atoms with Crippen LogP contribution in [0.25, 0.3) is 0 Å². The molecule has 2 amide bonds. The molecule has 0 aromatic rings. The number of amides is 2. The zero-order chi connectivity index (χ0) is 18.5. The van der Waals surface area contributed by atoms with E-state index < -0.39 is 0 Å². The van der Waals surface area contributed by atoms with Crippen LogP contribution in [-0.4, -0.2) is 101 Å². The van der Waals surface area contributed by atoms with Gasteiger partial charge in [0.25, 0.3) is 0 Å². The Morgan fingerprint density at radius 3 is 2.12 bits per heavy atom. The molecule has 0 spiro atoms. The zero-order valence-electron chi connectivity index (χ0n) is 15.8. The second kappa shape index (κ2) is 12.9. The molecule has 2 aliphatic heterocycles. The molecule has 150 valence electrons. The Balaban J connectivity index is 1.44. The Labute approximate surface area is 156 Å². The number of nitrogens with two attached hydrogens (primary N) is 1. The van der Waals surface area contributed by atoms with Crippen LogP contribution in [0.4, 0.5) is 4.79 Å². The van der Waals surface area contributed by atoms with E-state index in [1.165, 1.54) is 0 Å². The number of morpholine rings is 2. The summed E-state index contributed by atoms with van der Waals surface area (Å²) in [6, 6.07) is -0.286. The molecule has 0 radical (unpaired) electrons. The first-order chi connectivity index (χ1) is 12.7. The van der Waals surface area contributed by atoms with E-state index in [1.807, 2.05) is 0 Å². The van der Waals surface area contributed by atoms with Crippen molar-refractivity contribution >= 4 is 12.0 Å². The standard InChI is InChI=1S/C17H34N6O3/c18-16(19-5-3-7-23-10-14-26-15-11-23)21-17(24)20-4-1-2-6-22-8-12-25-13-9-22/h1-15H2,(H4,18,19,20,21,24). The maximum Gasteiger partial charge on any atom is 0.321 e. The topological polar surface area (TPSA) is 104 Å². The monoisotopic (exact) mass is 370 g/mol. The van der Waals surface area contributed by atoms with Gasteiger partial charge in [-0.1, -0.05) is 0 Å². The highest BCUT2D eigenvalue weighted by atomic mass is 16.5. The van der Waals surface area contributed by atoms with E-state index in [1.54, 1.807) is 0 Å². The summed E-state index contributed by atoms with van der Waals surface area (Å²) >= 11 is 0. The summed E-state index contributed by atoms with van der Waals surface area (Å²) in [6.07, 6.45) is 2.93. The van der Waals surface area contributed by atoms with Gasteiger partial charge in [0.05, 0.1) is 26.4 Å². The SMILES string of the molecule is NC(=NCCCN1CCOCC1)NC(=O)NCCCCN1CCOCC1. The molecule has 2 heterocycles. The Kier molecular flexibility index (Phi) is 10.3. The normalized spacial score (nSPS) is 20.1. The van der Waals surface area contributed by atoms with Crippen molar-refractivity contribution in [1.82, 2.24) is 20.4 Å². The smallest absolute Gasteiger partial charge is 0.321 e. The van der Waals surface area contributed by atoms with Gasteiger partial charge in [0.15, 0.2) is 5.96 Å². The summed E-state index contributed by atoms with van der Waals surface area (Å²) in [7, 11) is 0. The molecule has 9 heteroatoms. The van der Waals surface area contributed by atoms with Crippen molar-refractivity contribution in [3.8, 4) is 0 Å². The highest BCUT2D eigenvalue weighted by Crippen LogP contribution is 1.99. The first-order valence-electron chi connectivity index (χ1n) is 9.69. The van der Waals surface area contributed by atoms with E-state index in [0.29, 0.717) is 13.1 Å². The third-order valence-corrected chi connectivity index (χ3v) is 4.55. The van der Waals surface area contributed by atoms with Gasteiger partial charge in [-0.2, -0.15) is 0 Å². The number of rotatable bonds is 9. The van der Waals surface area contributed by atoms with Crippen LogP contribution in [0.1, 0.15) is 19.3 Å². The summed E-state index contributed by atoms with van der Waals surface area (Å²) < 4.78 is 10.6. The maximum atomic E-state index is 11.8. The van der Waals surface area contributed by atoms with Crippen LogP contribution in [0.5, 0.6) is 0 Å². The van der Waals surface area contributed by atoms with Crippen LogP contribution in [0.2, 0.25) is 0 Å². The molecular formula is C17H34N6O3. The predicted octanol–water partition coefficient (Wildman–Crippen LogP) is -0.565. The van der Waals surface area contributed by atoms with Gasteiger partial charge >= 0.3 is 6.03 Å². The number of ether oxygens (including phenoxy) is 2. The van der Waals surface area contributed by atoms with Gasteiger partial charge in [-0.15, -0.1) is 0 Å². The Morgan fingerprint density at radius 2 is 1.50 bits per heavy atom. The van der Waals surface area contributed by atoms with Crippen LogP contribution in [0.3, 0.4) is 0 Å². The quantitative estimate of drug-likeness (QED) is 0.285. The second-order valence-electron chi connectivity index (χ2n) is 6.62. The van der Waals surface area contributed by atoms with E-state index in [-0.39, 0.29) is 12.0 Å². The molecule has 2 rings (SSSR count). The number of aliphatic imine (C=N–C) groups is 1. The van der Waals surface area contributed by atoms with Gasteiger partial charge in [-0.25, -0.2) is 4.79 Å². The van der Waals surface area contributed by atoms with Crippen LogP contribution in [-0.2, 0) is 9.47 Å². The van der Waals surface area contributed by atoms with E-state index in [4.69, 9.17) is 15.2 Å². The van der Waals surface area contributed by atoms with Crippen molar-refractivity contribution in [2.24, 2.45) is 10.7 Å². The third-order valence-electron chi connectivity index (χ3n) is 4.55. The number of carbonyl (C=O) groups is 1. The van der Waals surface area contributed by atoms with E-state index in [0.717, 1.165) is 85.0 Å². The van der Waals surface area contributed by atoms with Crippen molar-refractivity contribution in [3.63, 3.8) is 0 Å². The average molecular weight is 370 g/mol. The van der Waals surface area contributed by atoms with Gasteiger partial charge in [0.2, 0.25) is 0 Å². The fourth-order valence-corrected chi connectivity index (χ4v) is 3.01. The highest BCUT2D eigenvalue weighted by Gasteiger charge is 2.10. The van der Waals surface area contributed by atoms with E-state index in [2.05, 4.69) is 25.4 Å². The predicted molar refractivity (Wildman–Crippen MR) is 101 cm³/mol. The van der Waals surface area contributed by atoms with Gasteiger partial charge in [-0.05, 0) is 25.8 Å². The van der Waals surface area contributed by atoms with Crippen LogP contribution in [0.15, 0.2) is 4.99 Å². The minimum absolute atomic E-state index is 0.179. The van der Waals surface area contributed by atoms with Gasteiger partial charge in [0, 0.05) is 45.8 Å². The molecule has 0 aliphatic carbocycles. The second-order valence-corrected chi connectivity index (χ2v) is 6.62. The number of urea groups is 1. The first kappa shape index (κ1) is 20.9. The molecule has 2 saturated heterocycles. The molecule has 0 saturated carbocycles. The fourth-order valence-electron chi connectivity index (χ4n) is 3.01. The molecule has 0 unspecified atom stereocenters. The molecule has 2 aliphatic rings. The number of nitrogens with zero attached hydrogens (tertiary/aromatic N) is 3. The van der Waals surface area contributed by atoms with Crippen LogP contribution in [0, 0.1) is 0 Å². The summed E-state index contributed by atoms with van der Waals surface area (Å²) in [4.78, 5) is 20.7. The van der Waals surface area contributed by atoms with Crippen molar-refractivity contribution in [3.05, 3.63) is 0 Å². The number of hydrogen-bond donors (Lipinski definition) is 3. The van der Waals surface area contributed by atoms with Gasteiger partial charge < -0.3 is 20.5 Å². The minimum atomic E-state index is -0.286. The van der Waals surface area contributed by atoms with E-state index >= 15 is 0 Å². The summed E-state index contributed by atoms with van der Waals surface area (Å²) in [5.41, 5.74) is 5.75. The van der Waals surface area contributed by atoms with Gasteiger partial charge in [-0.3, -0.25) is 20.1 Å². The number of nitrogens with one attached hydrogen (secondary N) is 2. The van der Waals surface area contributed by atoms with Gasteiger partial charge in [0.1, 0.15) is 0 Å². The summed E-state index contributed by atoms with van der Waals surface area (Å²) in [5, 5.41) is 5.39. The molecule has 9 nitrogen and oxygen atoms in total. The molecule has 0 atom stereocenters. The summed E-state index contributed by atoms with van der Waals surface area (Å²) in [5.74, 6) is 0.179. The molecule has 0 aromatic heterocycles. The van der Waals surface area contributed by atoms with Crippen molar-refractivity contribution < 1.29 is 14.3 Å². The molecule has 0 aromatic carbocycles. The number of hydrogen-bond acceptors (Lipinski definition) is 6. The van der Waals surface area contributed by atoms with E-state index in [9.17, 15) is 4.79 Å². The largest absolute Gasteiger partial charge is 0.379 e. The maximum absolute atomic E-state index is 11.8. The molecule has 26 heavy (non-hydrogen) atoms. The lowest BCUT2D eigenvalue weighted by molar-refractivity contribution is 0.0372. The lowest BCUT2D eigenvalue weighted by Crippen LogP contribution is -2.44. The lowest BCUT2D eigenvalue weighted by Gasteiger charge is -2.26. The van der Waals surface area contributed by atoms with Crippen molar-refractivity contribution in [2.75, 3.05) is 78.8 Å². The third kappa shape index (κ3) is 9.33. The zero-order valence-corrected chi connectivity index (χ0v) is 15.8. The molecular weight excluding hydrogens is 336 g/mol. The average Bonchev–Trinajstić information content (AvgIpc) is 2.66. The first-order valence-corrected chi connectivity index (χ1v) is 9.69. The van der Waals surface area contributed by atoms with Crippen molar-refractivity contribution in [1.29, 1.82) is 0 Å². The molecule has 2 fully saturated rings. The number of unbranched alkanes of at least 4 members (excludes halogenated alkanes) is 1. The Bertz CT molecular complexity index is 423. The van der Waals surface area contributed by atoms with Crippen LogP contribution >= 0.6 is 0 Å². The van der Waals surface area contributed by atoms with Crippen molar-refractivity contribution in [2.45, 2.75) is 19.3 Å². The fraction of sp³-hybridized carbons (Fsp3) is 0.882. The molecule has 0 bridgehead atoms.